The Morgan fingerprint density at radius 1 is 1.19 bits per heavy atom. The van der Waals surface area contributed by atoms with Gasteiger partial charge in [-0.25, -0.2) is 0 Å². The fraction of sp³-hybridized carbons (Fsp3) is 1.00. The van der Waals surface area contributed by atoms with Crippen LogP contribution in [0.5, 0.6) is 0 Å². The van der Waals surface area contributed by atoms with Gasteiger partial charge in [0, 0.05) is 37.8 Å². The average molecular weight is 227 g/mol. The minimum Gasteiger partial charge on any atom is -0.381 e. The van der Waals surface area contributed by atoms with E-state index in [1.54, 1.807) is 0 Å². The van der Waals surface area contributed by atoms with Gasteiger partial charge >= 0.3 is 0 Å². The third-order valence-corrected chi connectivity index (χ3v) is 4.94. The third-order valence-electron chi connectivity index (χ3n) is 4.94. The Morgan fingerprint density at radius 3 is 2.31 bits per heavy atom. The molecule has 0 spiro atoms. The van der Waals surface area contributed by atoms with E-state index in [4.69, 9.17) is 9.47 Å². The zero-order chi connectivity index (χ0) is 11.8. The number of methoxy groups -OCH3 is 1. The molecule has 1 saturated carbocycles. The molecule has 0 aromatic heterocycles. The van der Waals surface area contributed by atoms with Crippen molar-refractivity contribution < 1.29 is 9.47 Å². The minimum absolute atomic E-state index is 0.0375. The highest BCUT2D eigenvalue weighted by Crippen LogP contribution is 2.51. The second kappa shape index (κ2) is 4.28. The summed E-state index contributed by atoms with van der Waals surface area (Å²) in [6.45, 7) is 8.64. The highest BCUT2D eigenvalue weighted by atomic mass is 16.5. The van der Waals surface area contributed by atoms with Gasteiger partial charge in [-0.15, -0.1) is 0 Å². The van der Waals surface area contributed by atoms with Crippen LogP contribution < -0.4 is 5.32 Å². The molecule has 0 bridgehead atoms. The van der Waals surface area contributed by atoms with E-state index < -0.39 is 0 Å². The van der Waals surface area contributed by atoms with Gasteiger partial charge in [0.25, 0.3) is 0 Å². The van der Waals surface area contributed by atoms with Gasteiger partial charge in [-0.2, -0.15) is 0 Å². The molecule has 0 radical (unpaired) electrons. The second-order valence-corrected chi connectivity index (χ2v) is 5.97. The van der Waals surface area contributed by atoms with Gasteiger partial charge in [-0.05, 0) is 26.2 Å². The van der Waals surface area contributed by atoms with E-state index >= 15 is 0 Å². The maximum absolute atomic E-state index is 5.64. The average Bonchev–Trinajstić information content (AvgIpc) is 2.29. The van der Waals surface area contributed by atoms with Crippen LogP contribution in [0.25, 0.3) is 0 Å². The van der Waals surface area contributed by atoms with Gasteiger partial charge in [0.15, 0.2) is 0 Å². The van der Waals surface area contributed by atoms with E-state index in [0.717, 1.165) is 32.5 Å². The van der Waals surface area contributed by atoms with E-state index in [1.807, 2.05) is 7.11 Å². The summed E-state index contributed by atoms with van der Waals surface area (Å²) in [6, 6.07) is 1.22. The van der Waals surface area contributed by atoms with E-state index in [9.17, 15) is 0 Å². The van der Waals surface area contributed by atoms with Crippen molar-refractivity contribution in [3.05, 3.63) is 0 Å². The molecule has 2 atom stereocenters. The maximum Gasteiger partial charge on any atom is 0.0731 e. The van der Waals surface area contributed by atoms with Crippen molar-refractivity contribution in [1.29, 1.82) is 0 Å². The molecule has 0 amide bonds. The summed E-state index contributed by atoms with van der Waals surface area (Å²) >= 11 is 0. The smallest absolute Gasteiger partial charge is 0.0731 e. The lowest BCUT2D eigenvalue weighted by molar-refractivity contribution is -0.183. The summed E-state index contributed by atoms with van der Waals surface area (Å²) in [6.07, 6.45) is 3.42. The molecule has 1 aliphatic carbocycles. The molecule has 0 aromatic carbocycles. The van der Waals surface area contributed by atoms with Gasteiger partial charge in [0.1, 0.15) is 0 Å². The van der Waals surface area contributed by atoms with Gasteiger partial charge in [-0.3, -0.25) is 0 Å². The Hall–Kier alpha value is -0.120. The molecule has 1 aliphatic heterocycles. The van der Waals surface area contributed by atoms with Gasteiger partial charge in [0.05, 0.1) is 5.60 Å². The highest BCUT2D eigenvalue weighted by Gasteiger charge is 2.57. The first-order valence-corrected chi connectivity index (χ1v) is 6.38. The molecule has 1 saturated heterocycles. The number of ether oxygens (including phenoxy) is 2. The summed E-state index contributed by atoms with van der Waals surface area (Å²) in [5, 5.41) is 3.78. The molecule has 3 heteroatoms. The van der Waals surface area contributed by atoms with Crippen molar-refractivity contribution in [3.63, 3.8) is 0 Å². The van der Waals surface area contributed by atoms with Crippen LogP contribution in [-0.2, 0) is 9.47 Å². The quantitative estimate of drug-likeness (QED) is 0.799. The molecule has 2 unspecified atom stereocenters. The van der Waals surface area contributed by atoms with Crippen LogP contribution in [0, 0.1) is 5.41 Å². The topological polar surface area (TPSA) is 30.5 Å². The van der Waals surface area contributed by atoms with Crippen LogP contribution >= 0.6 is 0 Å². The largest absolute Gasteiger partial charge is 0.381 e. The first-order valence-electron chi connectivity index (χ1n) is 6.38. The number of hydrogen-bond acceptors (Lipinski definition) is 3. The maximum atomic E-state index is 5.64. The molecule has 2 aliphatic rings. The Balaban J connectivity index is 1.88. The third kappa shape index (κ3) is 1.89. The van der Waals surface area contributed by atoms with Crippen molar-refractivity contribution in [2.75, 3.05) is 20.3 Å². The lowest BCUT2D eigenvalue weighted by atomic mass is 9.55. The number of hydrogen-bond donors (Lipinski definition) is 1. The predicted octanol–water partition coefficient (Wildman–Crippen LogP) is 1.96. The fourth-order valence-electron chi connectivity index (χ4n) is 2.91. The first kappa shape index (κ1) is 12.3. The summed E-state index contributed by atoms with van der Waals surface area (Å²) < 4.78 is 11.0. The van der Waals surface area contributed by atoms with Crippen LogP contribution in [-0.4, -0.2) is 38.0 Å². The Kier molecular flexibility index (Phi) is 3.30. The Labute approximate surface area is 98.9 Å². The monoisotopic (exact) mass is 227 g/mol. The molecule has 1 heterocycles. The van der Waals surface area contributed by atoms with E-state index in [0.29, 0.717) is 12.1 Å². The second-order valence-electron chi connectivity index (χ2n) is 5.97. The molecular formula is C13H25NO2. The van der Waals surface area contributed by atoms with E-state index in [2.05, 4.69) is 26.1 Å². The highest BCUT2D eigenvalue weighted by molar-refractivity contribution is 5.11. The molecule has 2 rings (SSSR count). The van der Waals surface area contributed by atoms with Crippen molar-refractivity contribution in [1.82, 2.24) is 5.32 Å². The molecule has 1 N–H and O–H groups in total. The van der Waals surface area contributed by atoms with Crippen LogP contribution in [0.15, 0.2) is 0 Å². The van der Waals surface area contributed by atoms with Crippen molar-refractivity contribution >= 4 is 0 Å². The molecule has 0 aromatic rings. The zero-order valence-corrected chi connectivity index (χ0v) is 11.0. The van der Waals surface area contributed by atoms with E-state index in [1.165, 1.54) is 0 Å². The summed E-state index contributed by atoms with van der Waals surface area (Å²) in [7, 11) is 1.83. The predicted molar refractivity (Wildman–Crippen MR) is 64.6 cm³/mol. The van der Waals surface area contributed by atoms with Crippen LogP contribution in [0.4, 0.5) is 0 Å². The van der Waals surface area contributed by atoms with Crippen LogP contribution in [0.3, 0.4) is 0 Å². The molecule has 2 fully saturated rings. The first-order chi connectivity index (χ1) is 7.49. The molecule has 3 nitrogen and oxygen atoms in total. The number of rotatable bonds is 3. The molecule has 94 valence electrons. The van der Waals surface area contributed by atoms with Crippen molar-refractivity contribution in [3.8, 4) is 0 Å². The van der Waals surface area contributed by atoms with Crippen molar-refractivity contribution in [2.24, 2.45) is 5.41 Å². The summed E-state index contributed by atoms with van der Waals surface area (Å²) in [4.78, 5) is 0. The van der Waals surface area contributed by atoms with Crippen molar-refractivity contribution in [2.45, 2.75) is 57.7 Å². The van der Waals surface area contributed by atoms with Gasteiger partial charge in [0.2, 0.25) is 0 Å². The normalized spacial score (nSPS) is 39.4. The SMILES string of the molecule is COC1(C)CC(NC2CCOCC2)C1(C)C. The molecule has 16 heavy (non-hydrogen) atoms. The molecular weight excluding hydrogens is 202 g/mol. The fourth-order valence-corrected chi connectivity index (χ4v) is 2.91. The lowest BCUT2D eigenvalue weighted by Crippen LogP contribution is -2.69. The van der Waals surface area contributed by atoms with Crippen LogP contribution in [0.2, 0.25) is 0 Å². The lowest BCUT2D eigenvalue weighted by Gasteiger charge is -2.60. The standard InChI is InChI=1S/C13H25NO2/c1-12(2)11(9-13(12,3)15-4)14-10-5-7-16-8-6-10/h10-11,14H,5-9H2,1-4H3. The Morgan fingerprint density at radius 2 is 1.81 bits per heavy atom. The van der Waals surface area contributed by atoms with Gasteiger partial charge in [-0.1, -0.05) is 13.8 Å². The summed E-state index contributed by atoms with van der Waals surface area (Å²) in [5.41, 5.74) is 0.260. The summed E-state index contributed by atoms with van der Waals surface area (Å²) in [5.74, 6) is 0. The number of nitrogens with one attached hydrogen (secondary N) is 1. The minimum atomic E-state index is 0.0375. The van der Waals surface area contributed by atoms with Gasteiger partial charge < -0.3 is 14.8 Å². The van der Waals surface area contributed by atoms with Crippen LogP contribution in [0.1, 0.15) is 40.0 Å². The zero-order valence-electron chi connectivity index (χ0n) is 11.0. The Bertz CT molecular complexity index is 248. The van der Waals surface area contributed by atoms with E-state index in [-0.39, 0.29) is 11.0 Å².